The predicted octanol–water partition coefficient (Wildman–Crippen LogP) is 6.64. The number of hydrogen-bond acceptors (Lipinski definition) is 1. The molecule has 3 aromatic rings. The molecule has 0 atom stereocenters. The van der Waals surface area contributed by atoms with Gasteiger partial charge in [-0.3, -0.25) is 0 Å². The van der Waals surface area contributed by atoms with Crippen molar-refractivity contribution in [3.8, 4) is 16.9 Å². The summed E-state index contributed by atoms with van der Waals surface area (Å²) in [4.78, 5) is 0. The van der Waals surface area contributed by atoms with Gasteiger partial charge in [-0.2, -0.15) is 0 Å². The van der Waals surface area contributed by atoms with E-state index in [0.29, 0.717) is 13.0 Å². The number of benzene rings is 3. The largest absolute Gasteiger partial charge is 0.491 e. The molecule has 3 rings (SSSR count). The van der Waals surface area contributed by atoms with Crippen molar-refractivity contribution < 1.29 is 9.13 Å². The lowest BCUT2D eigenvalue weighted by Crippen LogP contribution is -1.99. The molecule has 1 nitrogen and oxygen atoms in total. The van der Waals surface area contributed by atoms with Crippen LogP contribution < -0.4 is 4.74 Å². The maximum absolute atomic E-state index is 14.2. The third-order valence-electron chi connectivity index (χ3n) is 4.45. The van der Waals surface area contributed by atoms with Gasteiger partial charge >= 0.3 is 0 Å². The Morgan fingerprint density at radius 1 is 0.846 bits per heavy atom. The Labute approximate surface area is 159 Å². The quantitative estimate of drug-likeness (QED) is 0.474. The summed E-state index contributed by atoms with van der Waals surface area (Å²) in [6, 6.07) is 20.5. The molecule has 0 aliphatic carbocycles. The molecule has 0 saturated heterocycles. The van der Waals surface area contributed by atoms with Gasteiger partial charge in [0.25, 0.3) is 0 Å². The zero-order valence-corrected chi connectivity index (χ0v) is 15.8. The molecule has 26 heavy (non-hydrogen) atoms. The fourth-order valence-corrected chi connectivity index (χ4v) is 3.17. The lowest BCUT2D eigenvalue weighted by atomic mass is 9.99. The average Bonchev–Trinajstić information content (AvgIpc) is 2.66. The molecule has 0 unspecified atom stereocenters. The first-order valence-electron chi connectivity index (χ1n) is 8.84. The van der Waals surface area contributed by atoms with Crippen molar-refractivity contribution in [2.45, 2.75) is 26.7 Å². The van der Waals surface area contributed by atoms with Crippen LogP contribution >= 0.6 is 11.6 Å². The molecule has 3 aromatic carbocycles. The predicted molar refractivity (Wildman–Crippen MR) is 107 cm³/mol. The van der Waals surface area contributed by atoms with Crippen molar-refractivity contribution in [2.24, 2.45) is 0 Å². The monoisotopic (exact) mass is 368 g/mol. The topological polar surface area (TPSA) is 9.23 Å². The van der Waals surface area contributed by atoms with Gasteiger partial charge in [0.2, 0.25) is 0 Å². The minimum absolute atomic E-state index is 0.159. The molecule has 0 amide bonds. The lowest BCUT2D eigenvalue weighted by molar-refractivity contribution is 0.321. The van der Waals surface area contributed by atoms with Crippen LogP contribution in [-0.4, -0.2) is 6.61 Å². The van der Waals surface area contributed by atoms with Crippen LogP contribution in [0.5, 0.6) is 5.75 Å². The second-order valence-electron chi connectivity index (χ2n) is 6.35. The molecular formula is C23H22ClFO. The van der Waals surface area contributed by atoms with Crippen LogP contribution in [0.2, 0.25) is 5.02 Å². The Kier molecular flexibility index (Phi) is 5.95. The molecule has 0 aliphatic heterocycles. The maximum atomic E-state index is 14.2. The van der Waals surface area contributed by atoms with Gasteiger partial charge < -0.3 is 4.74 Å². The molecule has 0 spiro atoms. The second kappa shape index (κ2) is 8.37. The summed E-state index contributed by atoms with van der Waals surface area (Å²) in [7, 11) is 0. The van der Waals surface area contributed by atoms with Crippen LogP contribution in [0.4, 0.5) is 4.39 Å². The van der Waals surface area contributed by atoms with Crippen LogP contribution in [-0.2, 0) is 12.8 Å². The highest BCUT2D eigenvalue weighted by Gasteiger charge is 2.12. The highest BCUT2D eigenvalue weighted by Crippen LogP contribution is 2.29. The first-order chi connectivity index (χ1) is 12.6. The molecule has 0 aliphatic rings. The highest BCUT2D eigenvalue weighted by molar-refractivity contribution is 6.31. The van der Waals surface area contributed by atoms with E-state index in [9.17, 15) is 4.39 Å². The minimum Gasteiger partial charge on any atom is -0.491 e. The van der Waals surface area contributed by atoms with Crippen molar-refractivity contribution in [3.63, 3.8) is 0 Å². The van der Waals surface area contributed by atoms with Crippen molar-refractivity contribution in [1.82, 2.24) is 0 Å². The number of hydrogen-bond donors (Lipinski definition) is 0. The van der Waals surface area contributed by atoms with Crippen molar-refractivity contribution in [3.05, 3.63) is 88.2 Å². The van der Waals surface area contributed by atoms with Crippen molar-refractivity contribution >= 4 is 11.6 Å². The first-order valence-corrected chi connectivity index (χ1v) is 9.22. The fourth-order valence-electron chi connectivity index (χ4n) is 2.92. The van der Waals surface area contributed by atoms with E-state index in [-0.39, 0.29) is 10.8 Å². The third kappa shape index (κ3) is 4.25. The van der Waals surface area contributed by atoms with Gasteiger partial charge in [0, 0.05) is 0 Å². The Morgan fingerprint density at radius 3 is 2.08 bits per heavy atom. The van der Waals surface area contributed by atoms with Crippen molar-refractivity contribution in [2.75, 3.05) is 6.61 Å². The van der Waals surface area contributed by atoms with Gasteiger partial charge in [0.1, 0.15) is 0 Å². The molecule has 3 heteroatoms. The van der Waals surface area contributed by atoms with Gasteiger partial charge in [-0.25, -0.2) is 4.39 Å². The lowest BCUT2D eigenvalue weighted by Gasteiger charge is -2.10. The fraction of sp³-hybridized carbons (Fsp3) is 0.217. The third-order valence-corrected chi connectivity index (χ3v) is 4.86. The summed E-state index contributed by atoms with van der Waals surface area (Å²) >= 11 is 6.16. The van der Waals surface area contributed by atoms with E-state index in [1.807, 2.05) is 13.0 Å². The summed E-state index contributed by atoms with van der Waals surface area (Å²) in [5.74, 6) is -0.260. The molecule has 0 radical (unpaired) electrons. The molecule has 0 heterocycles. The zero-order chi connectivity index (χ0) is 18.5. The summed E-state index contributed by atoms with van der Waals surface area (Å²) < 4.78 is 19.4. The molecule has 134 valence electrons. The molecular weight excluding hydrogens is 347 g/mol. The van der Waals surface area contributed by atoms with Crippen LogP contribution in [0.15, 0.2) is 60.7 Å². The van der Waals surface area contributed by atoms with Crippen LogP contribution in [0.3, 0.4) is 0 Å². The van der Waals surface area contributed by atoms with E-state index < -0.39 is 5.82 Å². The number of halogens is 2. The maximum Gasteiger partial charge on any atom is 0.183 e. The van der Waals surface area contributed by atoms with Crippen LogP contribution in [0, 0.1) is 12.7 Å². The molecule has 0 N–H and O–H groups in total. The standard InChI is InChI=1S/C23H22ClFO/c1-3-26-21-15-14-20(22(24)23(21)25)13-8-17-6-11-19(12-7-17)18-9-4-16(2)5-10-18/h4-7,9-12,14-15H,3,8,13H2,1-2H3. The SMILES string of the molecule is CCOc1ccc(CCc2ccc(-c3ccc(C)cc3)cc2)c(Cl)c1F. The zero-order valence-electron chi connectivity index (χ0n) is 15.1. The number of ether oxygens (including phenoxy) is 1. The van der Waals surface area contributed by atoms with Gasteiger partial charge in [0.05, 0.1) is 11.6 Å². The number of aryl methyl sites for hydroxylation is 3. The van der Waals surface area contributed by atoms with Gasteiger partial charge in [-0.05, 0) is 55.0 Å². The van der Waals surface area contributed by atoms with Gasteiger partial charge in [0.15, 0.2) is 11.6 Å². The highest BCUT2D eigenvalue weighted by atomic mass is 35.5. The summed E-state index contributed by atoms with van der Waals surface area (Å²) in [6.07, 6.45) is 1.49. The van der Waals surface area contributed by atoms with Gasteiger partial charge in [-0.1, -0.05) is 71.8 Å². The van der Waals surface area contributed by atoms with E-state index in [2.05, 4.69) is 55.5 Å². The Morgan fingerprint density at radius 2 is 1.46 bits per heavy atom. The molecule has 0 fully saturated rings. The van der Waals surface area contributed by atoms with E-state index >= 15 is 0 Å². The van der Waals surface area contributed by atoms with Crippen LogP contribution in [0.1, 0.15) is 23.6 Å². The first kappa shape index (κ1) is 18.5. The summed E-state index contributed by atoms with van der Waals surface area (Å²) in [5, 5.41) is 0.159. The van der Waals surface area contributed by atoms with E-state index in [1.165, 1.54) is 22.3 Å². The van der Waals surface area contributed by atoms with Crippen molar-refractivity contribution in [1.29, 1.82) is 0 Å². The van der Waals surface area contributed by atoms with E-state index in [1.54, 1.807) is 6.07 Å². The smallest absolute Gasteiger partial charge is 0.183 e. The minimum atomic E-state index is -0.472. The average molecular weight is 369 g/mol. The summed E-state index contributed by atoms with van der Waals surface area (Å²) in [5.41, 5.74) is 5.66. The van der Waals surface area contributed by atoms with E-state index in [4.69, 9.17) is 16.3 Å². The van der Waals surface area contributed by atoms with Gasteiger partial charge in [-0.15, -0.1) is 0 Å². The second-order valence-corrected chi connectivity index (χ2v) is 6.72. The Hall–Kier alpha value is -2.32. The van der Waals surface area contributed by atoms with Crippen LogP contribution in [0.25, 0.3) is 11.1 Å². The molecule has 0 saturated carbocycles. The van der Waals surface area contributed by atoms with E-state index in [0.717, 1.165) is 12.0 Å². The molecule has 0 aromatic heterocycles. The normalized spacial score (nSPS) is 10.8. The Balaban J connectivity index is 1.68. The number of rotatable bonds is 6. The molecule has 0 bridgehead atoms. The Bertz CT molecular complexity index is 870. The summed E-state index contributed by atoms with van der Waals surface area (Å²) in [6.45, 7) is 4.32.